The average Bonchev–Trinajstić information content (AvgIpc) is 2.98. The molecule has 0 N–H and O–H groups in total. The number of aromatic nitrogens is 3. The highest BCUT2D eigenvalue weighted by molar-refractivity contribution is 5.83. The Morgan fingerprint density at radius 1 is 0.947 bits per heavy atom. The van der Waals surface area contributed by atoms with E-state index in [9.17, 15) is 0 Å². The van der Waals surface area contributed by atoms with Crippen LogP contribution in [0.4, 0.5) is 0 Å². The fourth-order valence-corrected chi connectivity index (χ4v) is 2.64. The summed E-state index contributed by atoms with van der Waals surface area (Å²) < 4.78 is 4.32. The van der Waals surface area contributed by atoms with E-state index in [2.05, 4.69) is 69.4 Å². The molecule has 19 heavy (non-hydrogen) atoms. The first kappa shape index (κ1) is 10.4. The molecule has 4 rings (SSSR count). The third kappa shape index (κ3) is 1.41. The highest BCUT2D eigenvalue weighted by atomic mass is 15.2. The second-order valence-corrected chi connectivity index (χ2v) is 4.76. The maximum atomic E-state index is 4.49. The van der Waals surface area contributed by atoms with E-state index in [0.717, 1.165) is 11.5 Å². The van der Waals surface area contributed by atoms with Gasteiger partial charge in [-0.1, -0.05) is 24.3 Å². The van der Waals surface area contributed by atoms with Crippen LogP contribution in [-0.2, 0) is 0 Å². The first-order chi connectivity index (χ1) is 9.34. The Balaban J connectivity index is 2.19. The molecule has 0 aliphatic heterocycles. The van der Waals surface area contributed by atoms with Crippen LogP contribution in [0.5, 0.6) is 0 Å². The Morgan fingerprint density at radius 2 is 1.79 bits per heavy atom. The van der Waals surface area contributed by atoms with Crippen LogP contribution in [-0.4, -0.2) is 14.0 Å². The number of para-hydroxylation sites is 2. The number of imidazole rings is 2. The summed E-state index contributed by atoms with van der Waals surface area (Å²) in [6, 6.07) is 16.9. The van der Waals surface area contributed by atoms with E-state index >= 15 is 0 Å². The van der Waals surface area contributed by atoms with Gasteiger partial charge in [0.05, 0.1) is 11.0 Å². The lowest BCUT2D eigenvalue weighted by molar-refractivity contribution is 1.10. The van der Waals surface area contributed by atoms with Crippen LogP contribution in [0.3, 0.4) is 0 Å². The van der Waals surface area contributed by atoms with E-state index in [4.69, 9.17) is 0 Å². The van der Waals surface area contributed by atoms with Crippen molar-refractivity contribution in [3.05, 3.63) is 66.5 Å². The van der Waals surface area contributed by atoms with E-state index in [1.165, 1.54) is 16.6 Å². The smallest absolute Gasteiger partial charge is 0.219 e. The van der Waals surface area contributed by atoms with Crippen LogP contribution in [0.25, 0.3) is 22.5 Å². The maximum Gasteiger partial charge on any atom is 0.219 e. The molecule has 0 saturated carbocycles. The summed E-state index contributed by atoms with van der Waals surface area (Å²) in [5.41, 5.74) is 4.75. The first-order valence-electron chi connectivity index (χ1n) is 6.34. The van der Waals surface area contributed by atoms with Gasteiger partial charge in [-0.3, -0.25) is 8.97 Å². The summed E-state index contributed by atoms with van der Waals surface area (Å²) in [4.78, 5) is 4.49. The molecule has 0 fully saturated rings. The largest absolute Gasteiger partial charge is 0.283 e. The average molecular weight is 247 g/mol. The van der Waals surface area contributed by atoms with E-state index in [-0.39, 0.29) is 0 Å². The van der Waals surface area contributed by atoms with Crippen LogP contribution in [0.15, 0.2) is 60.9 Å². The molecular formula is C16H13N3. The summed E-state index contributed by atoms with van der Waals surface area (Å²) >= 11 is 0. The molecule has 4 aromatic rings. The zero-order chi connectivity index (χ0) is 12.8. The summed E-state index contributed by atoms with van der Waals surface area (Å²) in [6.07, 6.45) is 3.85. The molecule has 0 amide bonds. The van der Waals surface area contributed by atoms with Gasteiger partial charge in [-0.25, -0.2) is 4.98 Å². The Hall–Kier alpha value is -2.55. The topological polar surface area (TPSA) is 22.2 Å². The minimum Gasteiger partial charge on any atom is -0.283 e. The maximum absolute atomic E-state index is 4.49. The number of hydrogen-bond acceptors (Lipinski definition) is 1. The molecule has 0 aliphatic rings. The zero-order valence-electron chi connectivity index (χ0n) is 10.6. The van der Waals surface area contributed by atoms with E-state index in [0.29, 0.717) is 0 Å². The van der Waals surface area contributed by atoms with E-state index in [1.807, 2.05) is 12.4 Å². The van der Waals surface area contributed by atoms with Gasteiger partial charge in [0.1, 0.15) is 0 Å². The Bertz CT molecular complexity index is 883. The quantitative estimate of drug-likeness (QED) is 0.504. The molecule has 0 atom stereocenters. The van der Waals surface area contributed by atoms with Crippen LogP contribution in [0.1, 0.15) is 5.56 Å². The van der Waals surface area contributed by atoms with Crippen molar-refractivity contribution in [2.75, 3.05) is 0 Å². The van der Waals surface area contributed by atoms with Gasteiger partial charge in [-0.05, 0) is 36.8 Å². The van der Waals surface area contributed by atoms with Gasteiger partial charge in [0, 0.05) is 18.1 Å². The van der Waals surface area contributed by atoms with Gasteiger partial charge in [-0.15, -0.1) is 0 Å². The van der Waals surface area contributed by atoms with Crippen molar-refractivity contribution in [1.29, 1.82) is 0 Å². The molecule has 2 aromatic carbocycles. The number of fused-ring (bicyclic) bond motifs is 3. The standard InChI is InChI=1S/C16H13N3/c1-12-5-4-6-13(11-12)19-15-8-3-2-7-14(15)18-10-9-17-16(18)19/h2-11H,1H3. The monoisotopic (exact) mass is 247 g/mol. The molecule has 92 valence electrons. The van der Waals surface area contributed by atoms with Crippen LogP contribution in [0, 0.1) is 6.92 Å². The summed E-state index contributed by atoms with van der Waals surface area (Å²) in [7, 11) is 0. The van der Waals surface area contributed by atoms with Crippen molar-refractivity contribution < 1.29 is 0 Å². The fourth-order valence-electron chi connectivity index (χ4n) is 2.64. The number of benzene rings is 2. The number of aryl methyl sites for hydroxylation is 1. The lowest BCUT2D eigenvalue weighted by Gasteiger charge is -2.05. The molecule has 0 saturated heterocycles. The van der Waals surface area contributed by atoms with Crippen LogP contribution < -0.4 is 0 Å². The van der Waals surface area contributed by atoms with Crippen molar-refractivity contribution in [3.8, 4) is 5.69 Å². The minimum atomic E-state index is 0.951. The number of nitrogens with zero attached hydrogens (tertiary/aromatic N) is 3. The molecule has 0 unspecified atom stereocenters. The van der Waals surface area contributed by atoms with Gasteiger partial charge >= 0.3 is 0 Å². The summed E-state index contributed by atoms with van der Waals surface area (Å²) in [5, 5.41) is 0. The Labute approximate surface area is 110 Å². The van der Waals surface area contributed by atoms with E-state index in [1.54, 1.807) is 0 Å². The Morgan fingerprint density at radius 3 is 2.63 bits per heavy atom. The summed E-state index contributed by atoms with van der Waals surface area (Å²) in [5.74, 6) is 0.951. The first-order valence-corrected chi connectivity index (χ1v) is 6.34. The molecular weight excluding hydrogens is 234 g/mol. The summed E-state index contributed by atoms with van der Waals surface area (Å²) in [6.45, 7) is 2.11. The highest BCUT2D eigenvalue weighted by Gasteiger charge is 2.11. The van der Waals surface area contributed by atoms with Crippen molar-refractivity contribution in [2.45, 2.75) is 6.92 Å². The second kappa shape index (κ2) is 3.72. The molecule has 2 heterocycles. The lowest BCUT2D eigenvalue weighted by atomic mass is 10.2. The lowest BCUT2D eigenvalue weighted by Crippen LogP contribution is -1.95. The van der Waals surface area contributed by atoms with Crippen molar-refractivity contribution >= 4 is 16.8 Å². The number of rotatable bonds is 1. The second-order valence-electron chi connectivity index (χ2n) is 4.76. The van der Waals surface area contributed by atoms with Crippen molar-refractivity contribution in [2.24, 2.45) is 0 Å². The predicted molar refractivity (Wildman–Crippen MR) is 76.8 cm³/mol. The molecule has 2 aromatic heterocycles. The molecule has 3 nitrogen and oxygen atoms in total. The van der Waals surface area contributed by atoms with Crippen molar-refractivity contribution in [1.82, 2.24) is 14.0 Å². The molecule has 0 bridgehead atoms. The molecule has 0 aliphatic carbocycles. The van der Waals surface area contributed by atoms with Gasteiger partial charge in [0.15, 0.2) is 0 Å². The minimum absolute atomic E-state index is 0.951. The SMILES string of the molecule is Cc1cccc(-n2c3ccccc3n3ccnc23)c1. The van der Waals surface area contributed by atoms with Gasteiger partial charge < -0.3 is 0 Å². The molecule has 0 radical (unpaired) electrons. The number of hydrogen-bond donors (Lipinski definition) is 0. The van der Waals surface area contributed by atoms with Crippen molar-refractivity contribution in [3.63, 3.8) is 0 Å². The van der Waals surface area contributed by atoms with Gasteiger partial charge in [0.2, 0.25) is 5.78 Å². The van der Waals surface area contributed by atoms with Gasteiger partial charge in [0.25, 0.3) is 0 Å². The normalized spacial score (nSPS) is 11.4. The molecule has 0 spiro atoms. The van der Waals surface area contributed by atoms with Crippen LogP contribution in [0.2, 0.25) is 0 Å². The van der Waals surface area contributed by atoms with E-state index < -0.39 is 0 Å². The predicted octanol–water partition coefficient (Wildman–Crippen LogP) is 3.59. The Kier molecular flexibility index (Phi) is 2.03. The molecule has 3 heteroatoms. The van der Waals surface area contributed by atoms with Gasteiger partial charge in [-0.2, -0.15) is 0 Å². The highest BCUT2D eigenvalue weighted by Crippen LogP contribution is 2.24. The zero-order valence-corrected chi connectivity index (χ0v) is 10.6. The van der Waals surface area contributed by atoms with Crippen LogP contribution >= 0.6 is 0 Å². The fraction of sp³-hybridized carbons (Fsp3) is 0.0625. The third-order valence-electron chi connectivity index (χ3n) is 3.46. The third-order valence-corrected chi connectivity index (χ3v) is 3.46.